The molecular weight excluding hydrogens is 258 g/mol. The summed E-state index contributed by atoms with van der Waals surface area (Å²) < 4.78 is 0. The Morgan fingerprint density at radius 2 is 1.81 bits per heavy atom. The average Bonchev–Trinajstić information content (AvgIpc) is 3.18. The minimum atomic E-state index is 0.288. The number of benzene rings is 1. The first-order chi connectivity index (χ1) is 10.1. The molecule has 3 heteroatoms. The number of hydrogen-bond donors (Lipinski definition) is 1. The number of likely N-dealkylation sites (tertiary alicyclic amines) is 1. The van der Waals surface area contributed by atoms with Crippen LogP contribution in [-0.4, -0.2) is 49.2 Å². The lowest BCUT2D eigenvalue weighted by Crippen LogP contribution is -2.51. The van der Waals surface area contributed by atoms with Crippen molar-refractivity contribution >= 4 is 5.69 Å². The fourth-order valence-corrected chi connectivity index (χ4v) is 3.63. The van der Waals surface area contributed by atoms with Gasteiger partial charge in [0, 0.05) is 36.9 Å². The van der Waals surface area contributed by atoms with Gasteiger partial charge in [0.05, 0.1) is 0 Å². The standard InChI is InChI=1S/C18H29N3/c1-18(2,21-11-6-7-12-21)15-19-16-10-13-20(14-16)17-8-4-3-5-9-17/h3-5,8-9,16,19H,6-7,10-15H2,1-2H3/t16-/m0/s1. The maximum Gasteiger partial charge on any atom is 0.0366 e. The van der Waals surface area contributed by atoms with Crippen LogP contribution in [0, 0.1) is 0 Å². The highest BCUT2D eigenvalue weighted by Gasteiger charge is 2.30. The summed E-state index contributed by atoms with van der Waals surface area (Å²) in [7, 11) is 0. The van der Waals surface area contributed by atoms with Crippen LogP contribution in [-0.2, 0) is 0 Å². The molecule has 0 amide bonds. The fourth-order valence-electron chi connectivity index (χ4n) is 3.63. The van der Waals surface area contributed by atoms with Crippen LogP contribution in [0.4, 0.5) is 5.69 Å². The summed E-state index contributed by atoms with van der Waals surface area (Å²) in [5.41, 5.74) is 1.65. The second-order valence-corrected chi connectivity index (χ2v) is 7.15. The van der Waals surface area contributed by atoms with Crippen molar-refractivity contribution in [1.82, 2.24) is 10.2 Å². The predicted molar refractivity (Wildman–Crippen MR) is 89.9 cm³/mol. The van der Waals surface area contributed by atoms with Crippen LogP contribution in [0.25, 0.3) is 0 Å². The van der Waals surface area contributed by atoms with Gasteiger partial charge in [-0.15, -0.1) is 0 Å². The van der Waals surface area contributed by atoms with Crippen molar-refractivity contribution in [3.63, 3.8) is 0 Å². The molecule has 0 radical (unpaired) electrons. The first-order valence-electron chi connectivity index (χ1n) is 8.44. The quantitative estimate of drug-likeness (QED) is 0.898. The van der Waals surface area contributed by atoms with Crippen molar-refractivity contribution in [2.45, 2.75) is 44.7 Å². The lowest BCUT2D eigenvalue weighted by molar-refractivity contribution is 0.148. The maximum atomic E-state index is 3.82. The van der Waals surface area contributed by atoms with Gasteiger partial charge >= 0.3 is 0 Å². The number of hydrogen-bond acceptors (Lipinski definition) is 3. The zero-order chi connectivity index (χ0) is 14.7. The second kappa shape index (κ2) is 6.37. The van der Waals surface area contributed by atoms with Crippen LogP contribution in [0.5, 0.6) is 0 Å². The molecule has 116 valence electrons. The zero-order valence-electron chi connectivity index (χ0n) is 13.5. The van der Waals surface area contributed by atoms with Crippen LogP contribution in [0.3, 0.4) is 0 Å². The summed E-state index contributed by atoms with van der Waals surface area (Å²) in [4.78, 5) is 5.14. The molecule has 1 aromatic rings. The summed E-state index contributed by atoms with van der Waals surface area (Å²) in [6.45, 7) is 10.7. The van der Waals surface area contributed by atoms with E-state index >= 15 is 0 Å². The molecule has 1 N–H and O–H groups in total. The van der Waals surface area contributed by atoms with E-state index < -0.39 is 0 Å². The van der Waals surface area contributed by atoms with Crippen molar-refractivity contribution < 1.29 is 0 Å². The molecule has 2 saturated heterocycles. The third-order valence-corrected chi connectivity index (χ3v) is 5.10. The first-order valence-corrected chi connectivity index (χ1v) is 8.44. The summed E-state index contributed by atoms with van der Waals surface area (Å²) in [6, 6.07) is 11.4. The molecule has 0 spiro atoms. The Kier molecular flexibility index (Phi) is 4.51. The van der Waals surface area contributed by atoms with Gasteiger partial charge in [0.25, 0.3) is 0 Å². The number of para-hydroxylation sites is 1. The molecule has 3 rings (SSSR count). The van der Waals surface area contributed by atoms with Crippen molar-refractivity contribution in [3.8, 4) is 0 Å². The monoisotopic (exact) mass is 287 g/mol. The SMILES string of the molecule is CC(C)(CN[C@H]1CCN(c2ccccc2)C1)N1CCCC1. The molecule has 2 heterocycles. The minimum Gasteiger partial charge on any atom is -0.370 e. The molecule has 1 aromatic carbocycles. The van der Waals surface area contributed by atoms with Gasteiger partial charge in [-0.25, -0.2) is 0 Å². The molecule has 2 aliphatic heterocycles. The highest BCUT2D eigenvalue weighted by atomic mass is 15.2. The Morgan fingerprint density at radius 3 is 2.52 bits per heavy atom. The van der Waals surface area contributed by atoms with E-state index in [-0.39, 0.29) is 5.54 Å². The van der Waals surface area contributed by atoms with E-state index in [0.29, 0.717) is 6.04 Å². The van der Waals surface area contributed by atoms with Crippen LogP contribution >= 0.6 is 0 Å². The lowest BCUT2D eigenvalue weighted by atomic mass is 10.0. The Morgan fingerprint density at radius 1 is 1.10 bits per heavy atom. The van der Waals surface area contributed by atoms with Gasteiger partial charge in [0.2, 0.25) is 0 Å². The summed E-state index contributed by atoms with van der Waals surface area (Å²) in [5, 5.41) is 3.82. The normalized spacial score (nSPS) is 23.9. The topological polar surface area (TPSA) is 18.5 Å². The Balaban J connectivity index is 1.49. The zero-order valence-corrected chi connectivity index (χ0v) is 13.5. The van der Waals surface area contributed by atoms with Crippen LogP contribution in [0.2, 0.25) is 0 Å². The predicted octanol–water partition coefficient (Wildman–Crippen LogP) is 2.73. The van der Waals surface area contributed by atoms with Crippen LogP contribution < -0.4 is 10.2 Å². The van der Waals surface area contributed by atoms with Crippen LogP contribution in [0.1, 0.15) is 33.1 Å². The largest absolute Gasteiger partial charge is 0.370 e. The van der Waals surface area contributed by atoms with E-state index in [0.717, 1.165) is 13.1 Å². The third kappa shape index (κ3) is 3.58. The van der Waals surface area contributed by atoms with Gasteiger partial charge in [-0.3, -0.25) is 4.90 Å². The van der Waals surface area contributed by atoms with E-state index in [1.165, 1.54) is 44.6 Å². The van der Waals surface area contributed by atoms with Gasteiger partial charge in [-0.05, 0) is 58.3 Å². The van der Waals surface area contributed by atoms with E-state index in [9.17, 15) is 0 Å². The van der Waals surface area contributed by atoms with E-state index in [1.807, 2.05) is 0 Å². The molecule has 0 saturated carbocycles. The first kappa shape index (κ1) is 14.9. The smallest absolute Gasteiger partial charge is 0.0366 e. The van der Waals surface area contributed by atoms with Crippen molar-refractivity contribution in [1.29, 1.82) is 0 Å². The van der Waals surface area contributed by atoms with Crippen molar-refractivity contribution in [2.75, 3.05) is 37.6 Å². The third-order valence-electron chi connectivity index (χ3n) is 5.10. The summed E-state index contributed by atoms with van der Waals surface area (Å²) in [5.74, 6) is 0. The number of anilines is 1. The van der Waals surface area contributed by atoms with E-state index in [2.05, 4.69) is 59.3 Å². The number of nitrogens with one attached hydrogen (secondary N) is 1. The number of nitrogens with zero attached hydrogens (tertiary/aromatic N) is 2. The van der Waals surface area contributed by atoms with Crippen molar-refractivity contribution in [3.05, 3.63) is 30.3 Å². The molecule has 2 fully saturated rings. The second-order valence-electron chi connectivity index (χ2n) is 7.15. The highest BCUT2D eigenvalue weighted by Crippen LogP contribution is 2.22. The summed E-state index contributed by atoms with van der Waals surface area (Å²) >= 11 is 0. The summed E-state index contributed by atoms with van der Waals surface area (Å²) in [6.07, 6.45) is 3.99. The number of rotatable bonds is 5. The van der Waals surface area contributed by atoms with Crippen molar-refractivity contribution in [2.24, 2.45) is 0 Å². The van der Waals surface area contributed by atoms with Gasteiger partial charge in [0.15, 0.2) is 0 Å². The van der Waals surface area contributed by atoms with E-state index in [4.69, 9.17) is 0 Å². The Labute approximate surface area is 129 Å². The van der Waals surface area contributed by atoms with Gasteiger partial charge < -0.3 is 10.2 Å². The molecule has 1 atom stereocenters. The van der Waals surface area contributed by atoms with Gasteiger partial charge in [-0.2, -0.15) is 0 Å². The minimum absolute atomic E-state index is 0.288. The molecule has 21 heavy (non-hydrogen) atoms. The Bertz CT molecular complexity index is 437. The Hall–Kier alpha value is -1.06. The molecule has 3 nitrogen and oxygen atoms in total. The van der Waals surface area contributed by atoms with Crippen LogP contribution in [0.15, 0.2) is 30.3 Å². The molecule has 0 bridgehead atoms. The molecular formula is C18H29N3. The maximum absolute atomic E-state index is 3.82. The van der Waals surface area contributed by atoms with Gasteiger partial charge in [0.1, 0.15) is 0 Å². The molecule has 0 aromatic heterocycles. The molecule has 2 aliphatic rings. The van der Waals surface area contributed by atoms with Gasteiger partial charge in [-0.1, -0.05) is 18.2 Å². The lowest BCUT2D eigenvalue weighted by Gasteiger charge is -2.36. The molecule has 0 aliphatic carbocycles. The van der Waals surface area contributed by atoms with E-state index in [1.54, 1.807) is 0 Å². The highest BCUT2D eigenvalue weighted by molar-refractivity contribution is 5.47. The fraction of sp³-hybridized carbons (Fsp3) is 0.667. The molecule has 0 unspecified atom stereocenters. The average molecular weight is 287 g/mol.